The summed E-state index contributed by atoms with van der Waals surface area (Å²) in [5.74, 6) is -0.354. The Morgan fingerprint density at radius 1 is 1.05 bits per heavy atom. The van der Waals surface area contributed by atoms with Gasteiger partial charge in [-0.1, -0.05) is 23.7 Å². The van der Waals surface area contributed by atoms with Crippen LogP contribution in [0.3, 0.4) is 0 Å². The molecule has 21 heavy (non-hydrogen) atoms. The minimum Gasteiger partial charge on any atom is -0.376 e. The summed E-state index contributed by atoms with van der Waals surface area (Å²) >= 11 is 9.49. The third-order valence-corrected chi connectivity index (χ3v) is 4.64. The fourth-order valence-corrected chi connectivity index (χ4v) is 3.35. The second-order valence-corrected chi connectivity index (χ2v) is 6.67. The maximum absolute atomic E-state index is 13.3. The lowest BCUT2D eigenvalue weighted by molar-refractivity contribution is 0.627. The molecular weight excluding hydrogens is 353 g/mol. The van der Waals surface area contributed by atoms with Gasteiger partial charge in [-0.2, -0.15) is 0 Å². The lowest BCUT2D eigenvalue weighted by Gasteiger charge is -2.21. The summed E-state index contributed by atoms with van der Waals surface area (Å²) in [7, 11) is 0. The van der Waals surface area contributed by atoms with Crippen LogP contribution in [0.15, 0.2) is 28.7 Å². The quantitative estimate of drug-likeness (QED) is 0.664. The predicted octanol–water partition coefficient (Wildman–Crippen LogP) is 6.34. The van der Waals surface area contributed by atoms with E-state index >= 15 is 0 Å². The van der Waals surface area contributed by atoms with Crippen molar-refractivity contribution in [1.82, 2.24) is 0 Å². The van der Waals surface area contributed by atoms with E-state index in [0.717, 1.165) is 0 Å². The number of hydrogen-bond donors (Lipinski definition) is 1. The summed E-state index contributed by atoms with van der Waals surface area (Å²) in [6.07, 6.45) is 0. The Labute approximate surface area is 138 Å². The SMILES string of the molecule is Cc1cc(C)c(C(C)Nc2c(Cl)cc(F)cc2Br)cc1C. The van der Waals surface area contributed by atoms with Crippen molar-refractivity contribution in [2.24, 2.45) is 0 Å². The van der Waals surface area contributed by atoms with Crippen molar-refractivity contribution in [3.63, 3.8) is 0 Å². The molecule has 112 valence electrons. The second-order valence-electron chi connectivity index (χ2n) is 5.40. The molecule has 0 radical (unpaired) electrons. The fourth-order valence-electron chi connectivity index (χ4n) is 2.42. The molecule has 0 aliphatic heterocycles. The first-order valence-electron chi connectivity index (χ1n) is 6.78. The third-order valence-electron chi connectivity index (χ3n) is 3.72. The van der Waals surface area contributed by atoms with Crippen LogP contribution >= 0.6 is 27.5 Å². The summed E-state index contributed by atoms with van der Waals surface area (Å²) < 4.78 is 13.9. The molecule has 2 rings (SSSR count). The Hall–Kier alpha value is -1.06. The molecule has 0 spiro atoms. The molecule has 2 aromatic carbocycles. The van der Waals surface area contributed by atoms with Crippen LogP contribution in [0.5, 0.6) is 0 Å². The monoisotopic (exact) mass is 369 g/mol. The second kappa shape index (κ2) is 6.37. The molecule has 1 atom stereocenters. The van der Waals surface area contributed by atoms with Gasteiger partial charge in [0.05, 0.1) is 10.7 Å². The molecule has 0 aromatic heterocycles. The van der Waals surface area contributed by atoms with Crippen molar-refractivity contribution in [1.29, 1.82) is 0 Å². The van der Waals surface area contributed by atoms with Crippen LogP contribution in [0.1, 0.15) is 35.2 Å². The number of aryl methyl sites for hydroxylation is 3. The molecule has 1 N–H and O–H groups in total. The first kappa shape index (κ1) is 16.3. The molecule has 0 aliphatic rings. The molecule has 0 fully saturated rings. The van der Waals surface area contributed by atoms with Gasteiger partial charge in [-0.15, -0.1) is 0 Å². The van der Waals surface area contributed by atoms with Gasteiger partial charge in [0.25, 0.3) is 0 Å². The van der Waals surface area contributed by atoms with Gasteiger partial charge in [0, 0.05) is 10.5 Å². The van der Waals surface area contributed by atoms with E-state index in [0.29, 0.717) is 15.2 Å². The van der Waals surface area contributed by atoms with Crippen LogP contribution in [0.25, 0.3) is 0 Å². The first-order valence-corrected chi connectivity index (χ1v) is 7.95. The number of benzene rings is 2. The lowest BCUT2D eigenvalue weighted by Crippen LogP contribution is -2.10. The number of nitrogens with one attached hydrogen (secondary N) is 1. The van der Waals surface area contributed by atoms with E-state index < -0.39 is 0 Å². The van der Waals surface area contributed by atoms with Gasteiger partial charge >= 0.3 is 0 Å². The Kier molecular flexibility index (Phi) is 4.95. The average molecular weight is 371 g/mol. The molecule has 0 aliphatic carbocycles. The Morgan fingerprint density at radius 3 is 2.29 bits per heavy atom. The summed E-state index contributed by atoms with van der Waals surface area (Å²) in [5.41, 5.74) is 5.69. The van der Waals surface area contributed by atoms with E-state index in [-0.39, 0.29) is 11.9 Å². The molecule has 2 aromatic rings. The van der Waals surface area contributed by atoms with Gasteiger partial charge < -0.3 is 5.32 Å². The Balaban J connectivity index is 2.35. The summed E-state index contributed by atoms with van der Waals surface area (Å²) in [6, 6.07) is 7.17. The molecule has 0 amide bonds. The molecule has 1 unspecified atom stereocenters. The maximum Gasteiger partial charge on any atom is 0.125 e. The average Bonchev–Trinajstić information content (AvgIpc) is 2.37. The number of anilines is 1. The molecule has 0 heterocycles. The molecule has 4 heteroatoms. The normalized spacial score (nSPS) is 12.3. The summed E-state index contributed by atoms with van der Waals surface area (Å²) in [6.45, 7) is 8.38. The molecule has 1 nitrogen and oxygen atoms in total. The van der Waals surface area contributed by atoms with E-state index in [1.54, 1.807) is 0 Å². The van der Waals surface area contributed by atoms with Gasteiger partial charge in [-0.3, -0.25) is 0 Å². The fraction of sp³-hybridized carbons (Fsp3) is 0.294. The largest absolute Gasteiger partial charge is 0.376 e. The van der Waals surface area contributed by atoms with Crippen LogP contribution in [-0.4, -0.2) is 0 Å². The highest BCUT2D eigenvalue weighted by molar-refractivity contribution is 9.10. The van der Waals surface area contributed by atoms with Crippen molar-refractivity contribution in [3.8, 4) is 0 Å². The van der Waals surface area contributed by atoms with E-state index in [9.17, 15) is 4.39 Å². The number of hydrogen-bond acceptors (Lipinski definition) is 1. The van der Waals surface area contributed by atoms with Crippen molar-refractivity contribution in [2.45, 2.75) is 33.7 Å². The molecular formula is C17H18BrClFN. The summed E-state index contributed by atoms with van der Waals surface area (Å²) in [4.78, 5) is 0. The molecule has 0 saturated carbocycles. The third kappa shape index (κ3) is 3.58. The predicted molar refractivity (Wildman–Crippen MR) is 91.8 cm³/mol. The van der Waals surface area contributed by atoms with Crippen LogP contribution in [0.4, 0.5) is 10.1 Å². The van der Waals surface area contributed by atoms with Crippen molar-refractivity contribution in [2.75, 3.05) is 5.32 Å². The zero-order valence-corrected chi connectivity index (χ0v) is 14.9. The van der Waals surface area contributed by atoms with Crippen molar-refractivity contribution >= 4 is 33.2 Å². The smallest absolute Gasteiger partial charge is 0.125 e. The van der Waals surface area contributed by atoms with Crippen LogP contribution in [0, 0.1) is 26.6 Å². The number of halogens is 3. The maximum atomic E-state index is 13.3. The van der Waals surface area contributed by atoms with Gasteiger partial charge in [-0.05, 0) is 78.0 Å². The first-order chi connectivity index (χ1) is 9.79. The van der Waals surface area contributed by atoms with Gasteiger partial charge in [0.1, 0.15) is 5.82 Å². The van der Waals surface area contributed by atoms with E-state index in [1.165, 1.54) is 34.4 Å². The lowest BCUT2D eigenvalue weighted by atomic mass is 9.96. The molecule has 0 saturated heterocycles. The highest BCUT2D eigenvalue weighted by Crippen LogP contribution is 2.35. The topological polar surface area (TPSA) is 12.0 Å². The highest BCUT2D eigenvalue weighted by Gasteiger charge is 2.14. The van der Waals surface area contributed by atoms with Crippen LogP contribution < -0.4 is 5.32 Å². The van der Waals surface area contributed by atoms with Gasteiger partial charge in [0.15, 0.2) is 0 Å². The van der Waals surface area contributed by atoms with Crippen LogP contribution in [0.2, 0.25) is 5.02 Å². The van der Waals surface area contributed by atoms with Crippen molar-refractivity contribution < 1.29 is 4.39 Å². The highest BCUT2D eigenvalue weighted by atomic mass is 79.9. The standard InChI is InChI=1S/C17H18BrClFN/c1-9-5-11(3)14(6-10(9)2)12(4)21-17-15(18)7-13(20)8-16(17)19/h5-8,12,21H,1-4H3. The number of rotatable bonds is 3. The Morgan fingerprint density at radius 2 is 1.67 bits per heavy atom. The Bertz CT molecular complexity index is 662. The summed E-state index contributed by atoms with van der Waals surface area (Å²) in [5, 5.41) is 3.73. The van der Waals surface area contributed by atoms with E-state index in [4.69, 9.17) is 11.6 Å². The van der Waals surface area contributed by atoms with Gasteiger partial charge in [0.2, 0.25) is 0 Å². The molecule has 0 bridgehead atoms. The van der Waals surface area contributed by atoms with Gasteiger partial charge in [-0.25, -0.2) is 4.39 Å². The van der Waals surface area contributed by atoms with Crippen molar-refractivity contribution in [3.05, 3.63) is 61.8 Å². The minimum atomic E-state index is -0.354. The van der Waals surface area contributed by atoms with Crippen LogP contribution in [-0.2, 0) is 0 Å². The zero-order valence-electron chi connectivity index (χ0n) is 12.5. The minimum absolute atomic E-state index is 0.0727. The zero-order chi connectivity index (χ0) is 15.7. The van der Waals surface area contributed by atoms with E-state index in [2.05, 4.69) is 61.1 Å². The van der Waals surface area contributed by atoms with E-state index in [1.807, 2.05) is 0 Å².